The van der Waals surface area contributed by atoms with Gasteiger partial charge in [-0.25, -0.2) is 0 Å². The van der Waals surface area contributed by atoms with Gasteiger partial charge in [0.2, 0.25) is 0 Å². The Morgan fingerprint density at radius 3 is 2.79 bits per heavy atom. The highest BCUT2D eigenvalue weighted by atomic mass is 16.2. The maximum Gasteiger partial charge on any atom is 0.276 e. The van der Waals surface area contributed by atoms with Crippen LogP contribution >= 0.6 is 0 Å². The number of fused-ring (bicyclic) bond motifs is 1. The molecule has 5 nitrogen and oxygen atoms in total. The van der Waals surface area contributed by atoms with Crippen molar-refractivity contribution in [2.24, 2.45) is 13.0 Å². The Labute approximate surface area is 113 Å². The van der Waals surface area contributed by atoms with Crippen LogP contribution in [-0.2, 0) is 7.05 Å². The zero-order valence-electron chi connectivity index (χ0n) is 11.5. The third-order valence-electron chi connectivity index (χ3n) is 4.56. The van der Waals surface area contributed by atoms with E-state index < -0.39 is 0 Å². The summed E-state index contributed by atoms with van der Waals surface area (Å²) in [5, 5.41) is 4.22. The summed E-state index contributed by atoms with van der Waals surface area (Å²) in [4.78, 5) is 14.7. The number of piperidine rings is 1. The maximum absolute atomic E-state index is 12.7. The number of rotatable bonds is 1. The summed E-state index contributed by atoms with van der Waals surface area (Å²) in [6.45, 7) is 0.857. The predicted octanol–water partition coefficient (Wildman–Crippen LogP) is 1.80. The molecule has 1 amide bonds. The maximum atomic E-state index is 12.7. The van der Waals surface area contributed by atoms with Crippen molar-refractivity contribution in [1.29, 1.82) is 0 Å². The molecule has 1 aliphatic heterocycles. The highest BCUT2D eigenvalue weighted by Gasteiger charge is 2.37. The molecule has 1 aromatic rings. The van der Waals surface area contributed by atoms with E-state index in [1.807, 2.05) is 4.90 Å². The van der Waals surface area contributed by atoms with E-state index in [1.54, 1.807) is 17.9 Å². The topological polar surface area (TPSA) is 64.2 Å². The van der Waals surface area contributed by atoms with Crippen LogP contribution < -0.4 is 5.73 Å². The van der Waals surface area contributed by atoms with Crippen LogP contribution in [0.3, 0.4) is 0 Å². The van der Waals surface area contributed by atoms with Gasteiger partial charge in [-0.2, -0.15) is 5.10 Å². The van der Waals surface area contributed by atoms with Crippen LogP contribution in [0.1, 0.15) is 49.0 Å². The van der Waals surface area contributed by atoms with Gasteiger partial charge in [0.25, 0.3) is 5.91 Å². The van der Waals surface area contributed by atoms with Gasteiger partial charge in [0.15, 0.2) is 5.69 Å². The molecular weight excluding hydrogens is 240 g/mol. The van der Waals surface area contributed by atoms with E-state index in [4.69, 9.17) is 5.73 Å². The van der Waals surface area contributed by atoms with Gasteiger partial charge in [0, 0.05) is 25.8 Å². The first-order chi connectivity index (χ1) is 9.16. The number of anilines is 1. The van der Waals surface area contributed by atoms with Gasteiger partial charge in [0.1, 0.15) is 0 Å². The van der Waals surface area contributed by atoms with E-state index in [-0.39, 0.29) is 5.91 Å². The highest BCUT2D eigenvalue weighted by molar-refractivity contribution is 5.97. The molecule has 1 aromatic heterocycles. The lowest BCUT2D eigenvalue weighted by Crippen LogP contribution is -2.49. The van der Waals surface area contributed by atoms with E-state index >= 15 is 0 Å². The minimum Gasteiger partial charge on any atom is -0.396 e. The number of nitrogen functional groups attached to an aromatic ring is 1. The van der Waals surface area contributed by atoms with Crippen molar-refractivity contribution < 1.29 is 4.79 Å². The van der Waals surface area contributed by atoms with Gasteiger partial charge in [-0.15, -0.1) is 0 Å². The number of carbonyl (C=O) groups excluding carboxylic acids is 1. The Balaban J connectivity index is 1.83. The van der Waals surface area contributed by atoms with Gasteiger partial charge < -0.3 is 10.6 Å². The minimum atomic E-state index is 0.0229. The van der Waals surface area contributed by atoms with Crippen molar-refractivity contribution >= 4 is 11.6 Å². The van der Waals surface area contributed by atoms with Crippen LogP contribution in [0.2, 0.25) is 0 Å². The average Bonchev–Trinajstić information content (AvgIpc) is 2.76. The van der Waals surface area contributed by atoms with Crippen LogP contribution in [0.4, 0.5) is 5.69 Å². The standard InChI is InChI=1S/C14H22N4O/c1-17-9-11(15)13(16-17)14(19)18-8-4-6-10-5-2-3-7-12(10)18/h9-10,12H,2-8,15H2,1H3. The van der Waals surface area contributed by atoms with Crippen LogP contribution in [0.15, 0.2) is 6.20 Å². The predicted molar refractivity (Wildman–Crippen MR) is 73.6 cm³/mol. The summed E-state index contributed by atoms with van der Waals surface area (Å²) in [6, 6.07) is 0.413. The first-order valence-corrected chi connectivity index (χ1v) is 7.27. The van der Waals surface area contributed by atoms with Gasteiger partial charge >= 0.3 is 0 Å². The third kappa shape index (κ3) is 2.22. The van der Waals surface area contributed by atoms with Gasteiger partial charge in [-0.1, -0.05) is 12.8 Å². The molecule has 1 aliphatic carbocycles. The summed E-state index contributed by atoms with van der Waals surface area (Å²) in [5.41, 5.74) is 6.80. The number of hydrogen-bond donors (Lipinski definition) is 1. The van der Waals surface area contributed by atoms with E-state index in [0.29, 0.717) is 23.3 Å². The van der Waals surface area contributed by atoms with Crippen LogP contribution in [0, 0.1) is 5.92 Å². The number of carbonyl (C=O) groups is 1. The molecule has 2 heterocycles. The Bertz CT molecular complexity index is 480. The molecule has 104 valence electrons. The molecule has 0 spiro atoms. The van der Waals surface area contributed by atoms with Crippen molar-refractivity contribution in [2.45, 2.75) is 44.6 Å². The lowest BCUT2D eigenvalue weighted by molar-refractivity contribution is 0.0385. The molecule has 2 atom stereocenters. The molecule has 2 fully saturated rings. The summed E-state index contributed by atoms with van der Waals surface area (Å²) in [6.07, 6.45) is 9.05. The zero-order valence-corrected chi connectivity index (χ0v) is 11.5. The molecule has 3 rings (SSSR count). The van der Waals surface area contributed by atoms with Gasteiger partial charge in [-0.05, 0) is 31.6 Å². The number of nitrogens with zero attached hydrogens (tertiary/aromatic N) is 3. The van der Waals surface area contributed by atoms with E-state index in [1.165, 1.54) is 25.7 Å². The Hall–Kier alpha value is -1.52. The molecule has 19 heavy (non-hydrogen) atoms. The molecule has 0 bridgehead atoms. The van der Waals surface area contributed by atoms with Crippen molar-refractivity contribution in [2.75, 3.05) is 12.3 Å². The smallest absolute Gasteiger partial charge is 0.276 e. The summed E-state index contributed by atoms with van der Waals surface area (Å²) < 4.78 is 1.62. The number of likely N-dealkylation sites (tertiary alicyclic amines) is 1. The molecule has 1 saturated carbocycles. The van der Waals surface area contributed by atoms with Gasteiger partial charge in [-0.3, -0.25) is 9.48 Å². The quantitative estimate of drug-likeness (QED) is 0.839. The summed E-state index contributed by atoms with van der Waals surface area (Å²) in [7, 11) is 1.80. The van der Waals surface area contributed by atoms with Crippen molar-refractivity contribution in [3.8, 4) is 0 Å². The average molecular weight is 262 g/mol. The normalized spacial score (nSPS) is 27.1. The fraction of sp³-hybridized carbons (Fsp3) is 0.714. The Morgan fingerprint density at radius 2 is 2.05 bits per heavy atom. The lowest BCUT2D eigenvalue weighted by atomic mass is 9.78. The molecule has 1 saturated heterocycles. The van der Waals surface area contributed by atoms with Crippen LogP contribution in [0.25, 0.3) is 0 Å². The number of aromatic nitrogens is 2. The zero-order chi connectivity index (χ0) is 13.4. The number of aryl methyl sites for hydroxylation is 1. The first-order valence-electron chi connectivity index (χ1n) is 7.27. The Kier molecular flexibility index (Phi) is 3.21. The number of hydrogen-bond acceptors (Lipinski definition) is 3. The monoisotopic (exact) mass is 262 g/mol. The Morgan fingerprint density at radius 1 is 1.32 bits per heavy atom. The second-order valence-electron chi connectivity index (χ2n) is 5.86. The van der Waals surface area contributed by atoms with Crippen molar-refractivity contribution in [1.82, 2.24) is 14.7 Å². The highest BCUT2D eigenvalue weighted by Crippen LogP contribution is 2.36. The van der Waals surface area contributed by atoms with Crippen molar-refractivity contribution in [3.63, 3.8) is 0 Å². The third-order valence-corrected chi connectivity index (χ3v) is 4.56. The largest absolute Gasteiger partial charge is 0.396 e. The van der Waals surface area contributed by atoms with Crippen LogP contribution in [-0.4, -0.2) is 33.2 Å². The van der Waals surface area contributed by atoms with Crippen LogP contribution in [0.5, 0.6) is 0 Å². The lowest BCUT2D eigenvalue weighted by Gasteiger charge is -2.43. The molecule has 5 heteroatoms. The van der Waals surface area contributed by atoms with E-state index in [9.17, 15) is 4.79 Å². The molecule has 2 N–H and O–H groups in total. The summed E-state index contributed by atoms with van der Waals surface area (Å²) in [5.74, 6) is 0.714. The summed E-state index contributed by atoms with van der Waals surface area (Å²) >= 11 is 0. The van der Waals surface area contributed by atoms with E-state index in [2.05, 4.69) is 5.10 Å². The molecule has 0 aromatic carbocycles. The fourth-order valence-corrected chi connectivity index (χ4v) is 3.69. The molecule has 2 unspecified atom stereocenters. The van der Waals surface area contributed by atoms with Gasteiger partial charge in [0.05, 0.1) is 5.69 Å². The second kappa shape index (κ2) is 4.87. The van der Waals surface area contributed by atoms with E-state index in [0.717, 1.165) is 19.4 Å². The molecule has 2 aliphatic rings. The fourth-order valence-electron chi connectivity index (χ4n) is 3.69. The minimum absolute atomic E-state index is 0.0229. The van der Waals surface area contributed by atoms with Crippen molar-refractivity contribution in [3.05, 3.63) is 11.9 Å². The first kappa shape index (κ1) is 12.5. The number of nitrogens with two attached hydrogens (primary N) is 1. The SMILES string of the molecule is Cn1cc(N)c(C(=O)N2CCCC3CCCCC32)n1. The molecule has 0 radical (unpaired) electrons. The number of amides is 1. The molecular formula is C14H22N4O. The second-order valence-corrected chi connectivity index (χ2v) is 5.86.